The van der Waals surface area contributed by atoms with Gasteiger partial charge in [0.25, 0.3) is 17.4 Å². The van der Waals surface area contributed by atoms with Crippen molar-refractivity contribution in [1.82, 2.24) is 9.88 Å². The third-order valence-electron chi connectivity index (χ3n) is 3.47. The number of benzene rings is 1. The number of carbonyl (C=O) groups is 3. The quantitative estimate of drug-likeness (QED) is 0.591. The lowest BCUT2D eigenvalue weighted by Gasteiger charge is -2.13. The highest BCUT2D eigenvalue weighted by molar-refractivity contribution is 6.23. The molecular formula is C15H8N4O4. The number of aromatic nitrogens is 1. The van der Waals surface area contributed by atoms with Gasteiger partial charge in [-0.2, -0.15) is 5.26 Å². The second kappa shape index (κ2) is 4.92. The lowest BCUT2D eigenvalue weighted by Crippen LogP contribution is -2.24. The minimum Gasteiger partial charge on any atom is -0.384 e. The molecule has 0 spiro atoms. The van der Waals surface area contributed by atoms with Crippen LogP contribution in [0.5, 0.6) is 0 Å². The molecule has 0 saturated carbocycles. The molecule has 3 rings (SSSR count). The Hall–Kier alpha value is -3.73. The van der Waals surface area contributed by atoms with Gasteiger partial charge < -0.3 is 5.73 Å². The summed E-state index contributed by atoms with van der Waals surface area (Å²) >= 11 is 0. The van der Waals surface area contributed by atoms with Crippen LogP contribution < -0.4 is 16.6 Å². The molecule has 0 radical (unpaired) electrons. The number of carbonyl (C=O) groups excluding carboxylic acids is 3. The SMILES string of the molecule is N#Cc1cc(C=O)ccc1-n1c(N)c2c(cc1=O)C(=O)NC2=O. The Kier molecular flexibility index (Phi) is 3.04. The number of rotatable bonds is 2. The van der Waals surface area contributed by atoms with Gasteiger partial charge in [0.1, 0.15) is 18.2 Å². The van der Waals surface area contributed by atoms with Crippen LogP contribution in [0, 0.1) is 11.3 Å². The molecule has 0 bridgehead atoms. The molecule has 2 amide bonds. The second-order valence-electron chi connectivity index (χ2n) is 4.78. The first-order chi connectivity index (χ1) is 11.0. The lowest BCUT2D eigenvalue weighted by atomic mass is 10.1. The average molecular weight is 308 g/mol. The van der Waals surface area contributed by atoms with Crippen LogP contribution in [0.4, 0.5) is 5.82 Å². The van der Waals surface area contributed by atoms with Gasteiger partial charge in [0.15, 0.2) is 0 Å². The topological polar surface area (TPSA) is 135 Å². The largest absolute Gasteiger partial charge is 0.384 e. The van der Waals surface area contributed by atoms with E-state index in [0.29, 0.717) is 6.29 Å². The third-order valence-corrected chi connectivity index (χ3v) is 3.47. The highest BCUT2D eigenvalue weighted by Gasteiger charge is 2.32. The fourth-order valence-electron chi connectivity index (χ4n) is 2.44. The molecular weight excluding hydrogens is 300 g/mol. The van der Waals surface area contributed by atoms with Gasteiger partial charge in [-0.3, -0.25) is 29.1 Å². The van der Waals surface area contributed by atoms with Crippen LogP contribution in [-0.4, -0.2) is 22.7 Å². The van der Waals surface area contributed by atoms with Gasteiger partial charge in [0, 0.05) is 11.6 Å². The van der Waals surface area contributed by atoms with Gasteiger partial charge >= 0.3 is 0 Å². The number of aldehydes is 1. The smallest absolute Gasteiger partial charge is 0.262 e. The number of hydrogen-bond acceptors (Lipinski definition) is 6. The highest BCUT2D eigenvalue weighted by atomic mass is 16.2. The number of imide groups is 1. The fourth-order valence-corrected chi connectivity index (χ4v) is 2.44. The number of anilines is 1. The number of amides is 2. The molecule has 1 aliphatic rings. The highest BCUT2D eigenvalue weighted by Crippen LogP contribution is 2.24. The van der Waals surface area contributed by atoms with E-state index in [9.17, 15) is 24.4 Å². The van der Waals surface area contributed by atoms with Crippen molar-refractivity contribution in [2.24, 2.45) is 0 Å². The van der Waals surface area contributed by atoms with E-state index in [1.807, 2.05) is 6.07 Å². The van der Waals surface area contributed by atoms with Gasteiger partial charge in [0.05, 0.1) is 22.4 Å². The molecule has 1 aliphatic heterocycles. The van der Waals surface area contributed by atoms with Crippen LogP contribution in [0.25, 0.3) is 5.69 Å². The Labute approximate surface area is 128 Å². The van der Waals surface area contributed by atoms with Crippen molar-refractivity contribution >= 4 is 23.9 Å². The number of hydrogen-bond donors (Lipinski definition) is 2. The lowest BCUT2D eigenvalue weighted by molar-refractivity contribution is 0.0879. The maximum absolute atomic E-state index is 12.3. The van der Waals surface area contributed by atoms with E-state index in [1.165, 1.54) is 18.2 Å². The summed E-state index contributed by atoms with van der Waals surface area (Å²) in [5, 5.41) is 11.3. The van der Waals surface area contributed by atoms with Crippen LogP contribution in [0.15, 0.2) is 29.1 Å². The molecule has 8 nitrogen and oxygen atoms in total. The van der Waals surface area contributed by atoms with Crippen LogP contribution in [0.2, 0.25) is 0 Å². The fraction of sp³-hybridized carbons (Fsp3) is 0. The van der Waals surface area contributed by atoms with Crippen molar-refractivity contribution in [3.05, 3.63) is 56.9 Å². The number of nitrogen functional groups attached to an aromatic ring is 1. The van der Waals surface area contributed by atoms with E-state index < -0.39 is 17.4 Å². The van der Waals surface area contributed by atoms with Crippen molar-refractivity contribution in [3.63, 3.8) is 0 Å². The first kappa shape index (κ1) is 14.2. The number of nitrogens with zero attached hydrogens (tertiary/aromatic N) is 2. The zero-order valence-electron chi connectivity index (χ0n) is 11.5. The van der Waals surface area contributed by atoms with Gasteiger partial charge in [-0.15, -0.1) is 0 Å². The predicted molar refractivity (Wildman–Crippen MR) is 78.4 cm³/mol. The van der Waals surface area contributed by atoms with Crippen molar-refractivity contribution in [2.75, 3.05) is 5.73 Å². The zero-order chi connectivity index (χ0) is 16.7. The summed E-state index contributed by atoms with van der Waals surface area (Å²) in [6.45, 7) is 0. The van der Waals surface area contributed by atoms with Crippen molar-refractivity contribution in [1.29, 1.82) is 5.26 Å². The number of nitrogens with two attached hydrogens (primary N) is 1. The van der Waals surface area contributed by atoms with E-state index in [0.717, 1.165) is 10.6 Å². The standard InChI is InChI=1S/C15H8N4O4/c16-5-8-3-7(6-20)1-2-10(8)19-11(21)4-9-12(13(19)17)15(23)18-14(9)22/h1-4,6H,17H2,(H,18,22,23). The molecule has 1 aromatic heterocycles. The van der Waals surface area contributed by atoms with Gasteiger partial charge in [-0.1, -0.05) is 0 Å². The second-order valence-corrected chi connectivity index (χ2v) is 4.78. The van der Waals surface area contributed by atoms with E-state index in [-0.39, 0.29) is 33.8 Å². The minimum absolute atomic E-state index is 0.0353. The third kappa shape index (κ3) is 1.99. The first-order valence-corrected chi connectivity index (χ1v) is 6.39. The predicted octanol–water partition coefficient (Wildman–Crippen LogP) is -0.0125. The molecule has 3 N–H and O–H groups in total. The van der Waals surface area contributed by atoms with Gasteiger partial charge in [-0.05, 0) is 18.2 Å². The van der Waals surface area contributed by atoms with Gasteiger partial charge in [-0.25, -0.2) is 0 Å². The molecule has 2 aromatic rings. The molecule has 0 saturated heterocycles. The normalized spacial score (nSPS) is 12.5. The van der Waals surface area contributed by atoms with Crippen molar-refractivity contribution in [2.45, 2.75) is 0 Å². The Balaban J connectivity index is 2.36. The maximum Gasteiger partial charge on any atom is 0.262 e. The molecule has 112 valence electrons. The number of nitrogens with one attached hydrogen (secondary N) is 1. The molecule has 0 unspecified atom stereocenters. The Bertz CT molecular complexity index is 998. The molecule has 23 heavy (non-hydrogen) atoms. The summed E-state index contributed by atoms with van der Waals surface area (Å²) in [5.74, 6) is -1.65. The minimum atomic E-state index is -0.709. The van der Waals surface area contributed by atoms with E-state index >= 15 is 0 Å². The summed E-state index contributed by atoms with van der Waals surface area (Å²) in [4.78, 5) is 46.5. The zero-order valence-corrected chi connectivity index (χ0v) is 11.5. The number of nitriles is 1. The average Bonchev–Trinajstić information content (AvgIpc) is 2.81. The molecule has 2 heterocycles. The molecule has 8 heteroatoms. The van der Waals surface area contributed by atoms with Crippen molar-refractivity contribution in [3.8, 4) is 11.8 Å². The Morgan fingerprint density at radius 2 is 1.91 bits per heavy atom. The summed E-state index contributed by atoms with van der Waals surface area (Å²) in [6.07, 6.45) is 0.561. The summed E-state index contributed by atoms with van der Waals surface area (Å²) in [5.41, 5.74) is 5.42. The molecule has 0 fully saturated rings. The van der Waals surface area contributed by atoms with Crippen LogP contribution >= 0.6 is 0 Å². The van der Waals surface area contributed by atoms with Crippen LogP contribution in [0.3, 0.4) is 0 Å². The summed E-state index contributed by atoms with van der Waals surface area (Å²) < 4.78 is 0.962. The monoisotopic (exact) mass is 308 g/mol. The van der Waals surface area contributed by atoms with E-state index in [2.05, 4.69) is 5.32 Å². The van der Waals surface area contributed by atoms with E-state index in [1.54, 1.807) is 0 Å². The maximum atomic E-state index is 12.3. The van der Waals surface area contributed by atoms with Gasteiger partial charge in [0.2, 0.25) is 0 Å². The van der Waals surface area contributed by atoms with Crippen LogP contribution in [-0.2, 0) is 0 Å². The summed E-state index contributed by atoms with van der Waals surface area (Å²) in [6, 6.07) is 6.94. The summed E-state index contributed by atoms with van der Waals surface area (Å²) in [7, 11) is 0. The first-order valence-electron chi connectivity index (χ1n) is 6.39. The Morgan fingerprint density at radius 3 is 2.57 bits per heavy atom. The number of pyridine rings is 1. The van der Waals surface area contributed by atoms with Crippen molar-refractivity contribution < 1.29 is 14.4 Å². The molecule has 0 atom stereocenters. The molecule has 1 aromatic carbocycles. The van der Waals surface area contributed by atoms with Crippen LogP contribution in [0.1, 0.15) is 36.6 Å². The van der Waals surface area contributed by atoms with E-state index in [4.69, 9.17) is 5.73 Å². The number of fused-ring (bicyclic) bond motifs is 1. The Morgan fingerprint density at radius 1 is 1.17 bits per heavy atom. The molecule has 0 aliphatic carbocycles.